The van der Waals surface area contributed by atoms with E-state index < -0.39 is 77.4 Å². The molecule has 0 heterocycles. The van der Waals surface area contributed by atoms with Crippen LogP contribution in [0.1, 0.15) is 0 Å². The van der Waals surface area contributed by atoms with Crippen molar-refractivity contribution in [2.75, 3.05) is 0 Å². The Morgan fingerprint density at radius 1 is 0.471 bits per heavy atom. The van der Waals surface area contributed by atoms with Crippen LogP contribution in [0.25, 0.3) is 0 Å². The van der Waals surface area contributed by atoms with E-state index >= 15 is 0 Å². The van der Waals surface area contributed by atoms with Gasteiger partial charge >= 0.3 is 173 Å². The summed E-state index contributed by atoms with van der Waals surface area (Å²) in [5.74, 6) is 0. The Kier molecular flexibility index (Phi) is 252. The van der Waals surface area contributed by atoms with Crippen molar-refractivity contribution in [1.29, 1.82) is 0 Å². The molecule has 0 aromatic heterocycles. The van der Waals surface area contributed by atoms with Gasteiger partial charge in [0, 0.05) is 0 Å². The first-order valence-corrected chi connectivity index (χ1v) is 7.07. The monoisotopic (exact) mass is 408 g/mol. The molecule has 0 spiro atoms. The minimum absolute atomic E-state index is 0. The Bertz CT molecular complexity index is 97.0. The van der Waals surface area contributed by atoms with Crippen LogP contribution in [-0.4, -0.2) is 77.4 Å². The van der Waals surface area contributed by atoms with Crippen molar-refractivity contribution in [3.8, 4) is 0 Å². The first-order valence-electron chi connectivity index (χ1n) is 2.36. The normalized spacial score (nSPS) is 2.35. The van der Waals surface area contributed by atoms with Crippen molar-refractivity contribution in [3.05, 3.63) is 0 Å². The molecule has 0 amide bonds. The van der Waals surface area contributed by atoms with E-state index in [1.165, 1.54) is 0 Å². The van der Waals surface area contributed by atoms with Gasteiger partial charge in [-0.3, -0.25) is 0 Å². The van der Waals surface area contributed by atoms with Gasteiger partial charge in [0.05, 0.1) is 0 Å². The maximum absolute atomic E-state index is 8.46. The number of rotatable bonds is 0. The van der Waals surface area contributed by atoms with E-state index in [0.29, 0.717) is 0 Å². The van der Waals surface area contributed by atoms with Gasteiger partial charge in [-0.15, -0.1) is 0 Å². The van der Waals surface area contributed by atoms with Crippen LogP contribution in [0.15, 0.2) is 0 Å². The summed E-state index contributed by atoms with van der Waals surface area (Å²) in [6.45, 7) is 0. The molecule has 10 nitrogen and oxygen atoms in total. The molecule has 0 unspecified atom stereocenters. The Morgan fingerprint density at radius 3 is 0.471 bits per heavy atom. The summed E-state index contributed by atoms with van der Waals surface area (Å²) in [6, 6.07) is 0. The second-order valence-corrected chi connectivity index (χ2v) is 1.44. The fraction of sp³-hybridized carbons (Fsp3) is 0. The predicted molar refractivity (Wildman–Crippen MR) is 32.2 cm³/mol. The van der Waals surface area contributed by atoms with Gasteiger partial charge in [0.2, 0.25) is 0 Å². The average Bonchev–Trinajstić information content (AvgIpc) is 2.09. The van der Waals surface area contributed by atoms with E-state index in [9.17, 15) is 0 Å². The molecular formula is Al5NaO10Zr. The standard InChI is InChI=1S/5Al.Na.10O.Zr/q;;;;;+1;;;;;;5*-1;+4. The largest absolute Gasteiger partial charge is 4.00 e. The maximum Gasteiger partial charge on any atom is 4.00 e. The molecule has 17 heavy (non-hydrogen) atoms. The van der Waals surface area contributed by atoms with Crippen molar-refractivity contribution in [2.45, 2.75) is 0 Å². The predicted octanol–water partition coefficient (Wildman–Crippen LogP) is -11.4. The van der Waals surface area contributed by atoms with Crippen LogP contribution in [-0.2, 0) is 45.2 Å². The Hall–Kier alpha value is 2.55. The van der Waals surface area contributed by atoms with Gasteiger partial charge in [0.15, 0.2) is 0 Å². The van der Waals surface area contributed by atoms with Crippen LogP contribution in [0, 0.1) is 0 Å². The quantitative estimate of drug-likeness (QED) is 0.346. The third-order valence-electron chi connectivity index (χ3n) is 0. The molecule has 80 valence electrons. The van der Waals surface area contributed by atoms with Gasteiger partial charge in [-0.05, 0) is 0 Å². The molecule has 0 fully saturated rings. The first kappa shape index (κ1) is 42.7. The van der Waals surface area contributed by atoms with Crippen molar-refractivity contribution < 1.29 is 95.6 Å². The van der Waals surface area contributed by atoms with E-state index in [0.717, 1.165) is 0 Å². The zero-order valence-corrected chi connectivity index (χ0v) is 18.7. The average molecular weight is 409 g/mol. The zero-order chi connectivity index (χ0) is 13.5. The summed E-state index contributed by atoms with van der Waals surface area (Å²) in [6.07, 6.45) is 0. The van der Waals surface area contributed by atoms with Crippen molar-refractivity contribution >= 4 is 77.4 Å². The summed E-state index contributed by atoms with van der Waals surface area (Å²) in [7, 11) is 0. The van der Waals surface area contributed by atoms with Gasteiger partial charge < -0.3 is 0 Å². The van der Waals surface area contributed by atoms with Crippen molar-refractivity contribution in [3.63, 3.8) is 0 Å². The molecule has 0 saturated carbocycles. The van der Waals surface area contributed by atoms with Gasteiger partial charge in [0.25, 0.3) is 0 Å². The molecule has 0 aliphatic rings. The SMILES string of the molecule is [Na+].[O]=[Al][O-].[O]=[Al][O-].[O]=[Al][O-].[O]=[Al][O-].[O]=[Al][O-].[Zr+4]. The smallest absolute Gasteiger partial charge is 4.00 e. The molecule has 0 rings (SSSR count). The zero-order valence-electron chi connectivity index (χ0n) is 8.47. The molecule has 0 bridgehead atoms. The third-order valence-corrected chi connectivity index (χ3v) is 0. The topological polar surface area (TPSA) is 201 Å². The van der Waals surface area contributed by atoms with Crippen LogP contribution in [0.5, 0.6) is 0 Å². The molecule has 0 aliphatic carbocycles. The van der Waals surface area contributed by atoms with E-state index in [-0.39, 0.29) is 55.8 Å². The van der Waals surface area contributed by atoms with Crippen molar-refractivity contribution in [1.82, 2.24) is 0 Å². The summed E-state index contributed by atoms with van der Waals surface area (Å²) in [5, 5.41) is 0. The first-order chi connectivity index (χ1) is 7.07. The molecule has 0 aromatic carbocycles. The molecule has 0 saturated heterocycles. The molecular weight excluding hydrogens is 409 g/mol. The van der Waals surface area contributed by atoms with Gasteiger partial charge in [-0.1, -0.05) is 0 Å². The summed E-state index contributed by atoms with van der Waals surface area (Å²) < 4.78 is 84.6. The van der Waals surface area contributed by atoms with Crippen LogP contribution in [0.4, 0.5) is 0 Å². The fourth-order valence-electron chi connectivity index (χ4n) is 0. The van der Waals surface area contributed by atoms with Gasteiger partial charge in [-0.25, -0.2) is 0 Å². The van der Waals surface area contributed by atoms with Crippen LogP contribution >= 0.6 is 0 Å². The second kappa shape index (κ2) is 100. The van der Waals surface area contributed by atoms with E-state index in [1.807, 2.05) is 0 Å². The van der Waals surface area contributed by atoms with Gasteiger partial charge in [-0.2, -0.15) is 0 Å². The fourth-order valence-corrected chi connectivity index (χ4v) is 0. The molecule has 0 radical (unpaired) electrons. The molecule has 0 atom stereocenters. The summed E-state index contributed by atoms with van der Waals surface area (Å²) in [5.41, 5.74) is 0. The van der Waals surface area contributed by atoms with Gasteiger partial charge in [0.1, 0.15) is 0 Å². The number of hydrogen-bond acceptors (Lipinski definition) is 10. The molecule has 0 N–H and O–H groups in total. The van der Waals surface area contributed by atoms with E-state index in [4.69, 9.17) is 39.8 Å². The Morgan fingerprint density at radius 2 is 0.471 bits per heavy atom. The van der Waals surface area contributed by atoms with Crippen LogP contribution in [0.3, 0.4) is 0 Å². The minimum atomic E-state index is -1.75. The van der Waals surface area contributed by atoms with Crippen LogP contribution in [0.2, 0.25) is 0 Å². The molecule has 0 aliphatic heterocycles. The third kappa shape index (κ3) is 784. The second-order valence-electron chi connectivity index (χ2n) is 0.481. The Labute approximate surface area is 170 Å². The maximum atomic E-state index is 8.46. The van der Waals surface area contributed by atoms with E-state index in [2.05, 4.69) is 0 Å². The minimum Gasteiger partial charge on any atom is 4.00 e. The Balaban J connectivity index is -0.0000000143. The number of hydrogen-bond donors (Lipinski definition) is 0. The molecule has 17 heteroatoms. The summed E-state index contributed by atoms with van der Waals surface area (Å²) in [4.78, 5) is 0. The van der Waals surface area contributed by atoms with Crippen LogP contribution < -0.4 is 50.3 Å². The van der Waals surface area contributed by atoms with Crippen molar-refractivity contribution in [2.24, 2.45) is 0 Å². The molecule has 0 aromatic rings. The van der Waals surface area contributed by atoms with E-state index in [1.54, 1.807) is 0 Å². The summed E-state index contributed by atoms with van der Waals surface area (Å²) >= 11 is -8.75.